The Labute approximate surface area is 188 Å². The van der Waals surface area contributed by atoms with E-state index in [-0.39, 0.29) is 12.6 Å². The van der Waals surface area contributed by atoms with Crippen molar-refractivity contribution in [3.05, 3.63) is 60.2 Å². The molecular weight excluding hydrogens is 452 g/mol. The molecule has 1 saturated heterocycles. The molecule has 11 heteroatoms. The van der Waals surface area contributed by atoms with Crippen LogP contribution in [0.2, 0.25) is 0 Å². The smallest absolute Gasteiger partial charge is 0.324 e. The molecule has 2 aromatic rings. The first-order valence-corrected chi connectivity index (χ1v) is 14.1. The predicted molar refractivity (Wildman–Crippen MR) is 124 cm³/mol. The predicted octanol–water partition coefficient (Wildman–Crippen LogP) is 2.04. The molecule has 1 aliphatic heterocycles. The molecule has 1 fully saturated rings. The summed E-state index contributed by atoms with van der Waals surface area (Å²) in [7, 11) is -8.46. The highest BCUT2D eigenvalue weighted by atomic mass is 31.2. The molecule has 0 atom stereocenters. The minimum Gasteiger partial charge on any atom is -0.324 e. The summed E-state index contributed by atoms with van der Waals surface area (Å²) >= 11 is 0. The van der Waals surface area contributed by atoms with Gasteiger partial charge in [0.15, 0.2) is 0 Å². The van der Waals surface area contributed by atoms with Crippen molar-refractivity contribution in [2.75, 3.05) is 51.8 Å². The van der Waals surface area contributed by atoms with Gasteiger partial charge in [-0.25, -0.2) is 0 Å². The van der Waals surface area contributed by atoms with E-state index in [1.807, 2.05) is 18.2 Å². The van der Waals surface area contributed by atoms with Gasteiger partial charge < -0.3 is 19.6 Å². The molecule has 0 unspecified atom stereocenters. The molecule has 0 bridgehead atoms. The summed E-state index contributed by atoms with van der Waals surface area (Å²) in [5, 5.41) is 0. The Morgan fingerprint density at radius 2 is 1.00 bits per heavy atom. The Hall–Kier alpha value is -1.38. The molecule has 0 radical (unpaired) electrons. The summed E-state index contributed by atoms with van der Waals surface area (Å²) in [6.07, 6.45) is -0.729. The second kappa shape index (κ2) is 11.2. The fourth-order valence-electron chi connectivity index (χ4n) is 3.84. The van der Waals surface area contributed by atoms with Crippen LogP contribution >= 0.6 is 15.2 Å². The molecule has 0 aromatic heterocycles. The fourth-order valence-corrected chi connectivity index (χ4v) is 5.45. The molecule has 32 heavy (non-hydrogen) atoms. The van der Waals surface area contributed by atoms with Gasteiger partial charge in [0.1, 0.15) is 12.6 Å². The van der Waals surface area contributed by atoms with Crippen LogP contribution < -0.4 is 0 Å². The van der Waals surface area contributed by atoms with Crippen LogP contribution in [0.1, 0.15) is 5.56 Å². The van der Waals surface area contributed by atoms with E-state index < -0.39 is 15.2 Å². The first-order valence-electron chi connectivity index (χ1n) is 10.5. The first-order chi connectivity index (χ1) is 15.1. The monoisotopic (exact) mass is 483 g/mol. The third-order valence-corrected chi connectivity index (χ3v) is 6.97. The molecule has 4 N–H and O–H groups in total. The van der Waals surface area contributed by atoms with Crippen LogP contribution in [-0.4, -0.2) is 86.1 Å². The zero-order valence-electron chi connectivity index (χ0n) is 17.9. The van der Waals surface area contributed by atoms with E-state index in [1.54, 1.807) is 9.80 Å². The largest absolute Gasteiger partial charge is 0.339 e. The van der Waals surface area contributed by atoms with Gasteiger partial charge in [-0.15, -0.1) is 0 Å². The molecule has 1 aliphatic rings. The van der Waals surface area contributed by atoms with E-state index in [1.165, 1.54) is 0 Å². The van der Waals surface area contributed by atoms with Crippen LogP contribution in [0, 0.1) is 0 Å². The number of hydrogen-bond acceptors (Lipinski definition) is 5. The topological polar surface area (TPSA) is 125 Å². The lowest BCUT2D eigenvalue weighted by atomic mass is 10.0. The van der Waals surface area contributed by atoms with Crippen LogP contribution in [0.15, 0.2) is 54.6 Å². The number of hydrogen-bond donors (Lipinski definition) is 4. The molecule has 9 nitrogen and oxygen atoms in total. The second-order valence-corrected chi connectivity index (χ2v) is 11.4. The highest BCUT2D eigenvalue weighted by Crippen LogP contribution is 2.36. The van der Waals surface area contributed by atoms with Crippen molar-refractivity contribution in [2.24, 2.45) is 0 Å². The molecule has 3 rings (SSSR count). The third kappa shape index (κ3) is 8.87. The van der Waals surface area contributed by atoms with Crippen LogP contribution in [-0.2, 0) is 15.7 Å². The van der Waals surface area contributed by atoms with Crippen LogP contribution in [0.3, 0.4) is 0 Å². The maximum Gasteiger partial charge on any atom is 0.339 e. The normalized spacial score (nSPS) is 18.1. The van der Waals surface area contributed by atoms with Gasteiger partial charge in [-0.3, -0.25) is 23.8 Å². The fraction of sp³-hybridized carbons (Fsp3) is 0.429. The van der Waals surface area contributed by atoms with Gasteiger partial charge in [0, 0.05) is 45.8 Å². The average Bonchev–Trinajstić information content (AvgIpc) is 2.80. The zero-order valence-corrected chi connectivity index (χ0v) is 19.7. The van der Waals surface area contributed by atoms with E-state index in [9.17, 15) is 28.7 Å². The van der Waals surface area contributed by atoms with Crippen LogP contribution in [0.25, 0.3) is 11.1 Å². The zero-order chi connectivity index (χ0) is 23.2. The lowest BCUT2D eigenvalue weighted by Gasteiger charge is -2.26. The highest BCUT2D eigenvalue weighted by molar-refractivity contribution is 7.51. The minimum absolute atomic E-state index is 0.338. The Bertz CT molecular complexity index is 912. The van der Waals surface area contributed by atoms with E-state index in [2.05, 4.69) is 41.3 Å². The molecular formula is C21H31N3O6P2. The Balaban J connectivity index is 1.69. The molecule has 176 valence electrons. The number of benzene rings is 2. The van der Waals surface area contributed by atoms with Crippen molar-refractivity contribution >= 4 is 15.2 Å². The van der Waals surface area contributed by atoms with Crippen molar-refractivity contribution < 1.29 is 28.7 Å². The SMILES string of the molecule is O=P(O)(O)CN1CCN(Cc2ccc(-c3ccccc3)cc2)CCN(CP(=O)(O)O)CC1. The Morgan fingerprint density at radius 1 is 0.594 bits per heavy atom. The maximum atomic E-state index is 11.5. The quantitative estimate of drug-likeness (QED) is 0.438. The molecule has 0 amide bonds. The number of rotatable bonds is 7. The molecule has 1 heterocycles. The van der Waals surface area contributed by atoms with Crippen LogP contribution in [0.5, 0.6) is 0 Å². The van der Waals surface area contributed by atoms with Gasteiger partial charge in [0.05, 0.1) is 0 Å². The molecule has 0 spiro atoms. The summed E-state index contributed by atoms with van der Waals surface area (Å²) < 4.78 is 23.0. The third-order valence-electron chi connectivity index (χ3n) is 5.43. The van der Waals surface area contributed by atoms with Gasteiger partial charge in [0.2, 0.25) is 0 Å². The van der Waals surface area contributed by atoms with Crippen molar-refractivity contribution in [1.29, 1.82) is 0 Å². The number of nitrogens with zero attached hydrogens (tertiary/aromatic N) is 3. The molecule has 2 aromatic carbocycles. The summed E-state index contributed by atoms with van der Waals surface area (Å²) in [6, 6.07) is 18.4. The molecule has 0 aliphatic carbocycles. The minimum atomic E-state index is -4.23. The van der Waals surface area contributed by atoms with Crippen molar-refractivity contribution in [3.63, 3.8) is 0 Å². The van der Waals surface area contributed by atoms with Gasteiger partial charge in [-0.05, 0) is 16.7 Å². The van der Waals surface area contributed by atoms with Gasteiger partial charge >= 0.3 is 15.2 Å². The van der Waals surface area contributed by atoms with Gasteiger partial charge in [0.25, 0.3) is 0 Å². The summed E-state index contributed by atoms with van der Waals surface area (Å²) in [5.74, 6) is 0. The van der Waals surface area contributed by atoms with Crippen molar-refractivity contribution in [3.8, 4) is 11.1 Å². The highest BCUT2D eigenvalue weighted by Gasteiger charge is 2.25. The maximum absolute atomic E-state index is 11.5. The van der Waals surface area contributed by atoms with E-state index in [0.29, 0.717) is 45.8 Å². The second-order valence-electron chi connectivity index (χ2n) is 8.19. The van der Waals surface area contributed by atoms with E-state index in [0.717, 1.165) is 16.7 Å². The summed E-state index contributed by atoms with van der Waals surface area (Å²) in [6.45, 7) is 3.46. The lowest BCUT2D eigenvalue weighted by molar-refractivity contribution is 0.217. The van der Waals surface area contributed by atoms with E-state index in [4.69, 9.17) is 0 Å². The van der Waals surface area contributed by atoms with Gasteiger partial charge in [-0.2, -0.15) is 0 Å². The van der Waals surface area contributed by atoms with Gasteiger partial charge in [-0.1, -0.05) is 54.6 Å². The molecule has 0 saturated carbocycles. The summed E-state index contributed by atoms with van der Waals surface area (Å²) in [4.78, 5) is 43.1. The summed E-state index contributed by atoms with van der Waals surface area (Å²) in [5.41, 5.74) is 3.37. The Kier molecular flexibility index (Phi) is 8.81. The standard InChI is InChI=1S/C21H31N3O6P2/c25-31(26,27)17-23-12-10-22(11-13-24(15-14-23)18-32(28,29)30)16-19-6-8-21(9-7-19)20-4-2-1-3-5-20/h1-9H,10-18H2,(H2,25,26,27)(H2,28,29,30). The first kappa shape index (κ1) is 25.2. The van der Waals surface area contributed by atoms with Crippen molar-refractivity contribution in [1.82, 2.24) is 14.7 Å². The lowest BCUT2D eigenvalue weighted by Crippen LogP contribution is -2.36. The average molecular weight is 483 g/mol. The van der Waals surface area contributed by atoms with Crippen LogP contribution in [0.4, 0.5) is 0 Å². The van der Waals surface area contributed by atoms with Crippen molar-refractivity contribution in [2.45, 2.75) is 6.54 Å². The Morgan fingerprint density at radius 3 is 1.44 bits per heavy atom. The van der Waals surface area contributed by atoms with E-state index >= 15 is 0 Å².